The van der Waals surface area contributed by atoms with Gasteiger partial charge in [0, 0.05) is 34.1 Å². The van der Waals surface area contributed by atoms with Gasteiger partial charge in [-0.05, 0) is 41.5 Å². The van der Waals surface area contributed by atoms with Crippen molar-refractivity contribution in [1.29, 1.82) is 0 Å². The highest BCUT2D eigenvalue weighted by atomic mass is 16.7. The quantitative estimate of drug-likeness (QED) is 0.664. The predicted molar refractivity (Wildman–Crippen MR) is 85.2 cm³/mol. The van der Waals surface area contributed by atoms with Gasteiger partial charge in [-0.1, -0.05) is 23.7 Å². The molecule has 2 rings (SSSR count). The van der Waals surface area contributed by atoms with E-state index in [9.17, 15) is 0 Å². The van der Waals surface area contributed by atoms with Crippen molar-refractivity contribution in [2.24, 2.45) is 10.8 Å². The van der Waals surface area contributed by atoms with Gasteiger partial charge in [0.1, 0.15) is 0 Å². The van der Waals surface area contributed by atoms with Crippen LogP contribution in [-0.4, -0.2) is 6.79 Å². The van der Waals surface area contributed by atoms with E-state index in [1.54, 1.807) is 0 Å². The number of rotatable bonds is 0. The van der Waals surface area contributed by atoms with E-state index >= 15 is 0 Å². The molecule has 0 amide bonds. The standard InChI is InChI=1S/C19H22O2/c1-18(2,3)9-7-14-11-16-17(21-13-20-16)12-15(14)8-10-19(4,5)6/h11-12H,13H2,1-6H3. The Hall–Kier alpha value is -2.06. The molecular formula is C19H22O2. The van der Waals surface area contributed by atoms with Gasteiger partial charge in [0.05, 0.1) is 0 Å². The smallest absolute Gasteiger partial charge is 0.231 e. The Morgan fingerprint density at radius 1 is 0.762 bits per heavy atom. The first-order chi connectivity index (χ1) is 9.64. The van der Waals surface area contributed by atoms with E-state index in [1.807, 2.05) is 12.1 Å². The number of hydrogen-bond acceptors (Lipinski definition) is 2. The molecule has 1 aromatic rings. The molecule has 1 heterocycles. The number of hydrogen-bond donors (Lipinski definition) is 0. The number of ether oxygens (including phenoxy) is 2. The summed E-state index contributed by atoms with van der Waals surface area (Å²) >= 11 is 0. The molecule has 0 aliphatic carbocycles. The summed E-state index contributed by atoms with van der Waals surface area (Å²) in [5.74, 6) is 14.5. The summed E-state index contributed by atoms with van der Waals surface area (Å²) in [5, 5.41) is 0. The van der Waals surface area contributed by atoms with Gasteiger partial charge >= 0.3 is 0 Å². The zero-order valence-electron chi connectivity index (χ0n) is 13.7. The van der Waals surface area contributed by atoms with Crippen molar-refractivity contribution in [3.05, 3.63) is 23.3 Å². The van der Waals surface area contributed by atoms with E-state index < -0.39 is 0 Å². The van der Waals surface area contributed by atoms with Crippen molar-refractivity contribution < 1.29 is 9.47 Å². The molecule has 0 fully saturated rings. The average molecular weight is 282 g/mol. The lowest BCUT2D eigenvalue weighted by Gasteiger charge is -2.09. The first-order valence-electron chi connectivity index (χ1n) is 7.14. The Morgan fingerprint density at radius 3 is 1.48 bits per heavy atom. The van der Waals surface area contributed by atoms with Gasteiger partial charge in [-0.2, -0.15) is 0 Å². The van der Waals surface area contributed by atoms with Gasteiger partial charge < -0.3 is 9.47 Å². The third kappa shape index (κ3) is 4.47. The van der Waals surface area contributed by atoms with Crippen LogP contribution in [0.4, 0.5) is 0 Å². The van der Waals surface area contributed by atoms with Crippen LogP contribution in [0.1, 0.15) is 52.7 Å². The van der Waals surface area contributed by atoms with Crippen molar-refractivity contribution in [3.63, 3.8) is 0 Å². The molecule has 0 bridgehead atoms. The van der Waals surface area contributed by atoms with Crippen molar-refractivity contribution in [2.45, 2.75) is 41.5 Å². The molecular weight excluding hydrogens is 260 g/mol. The zero-order valence-corrected chi connectivity index (χ0v) is 13.7. The Labute approximate surface area is 127 Å². The molecule has 110 valence electrons. The number of fused-ring (bicyclic) bond motifs is 1. The predicted octanol–water partition coefficient (Wildman–Crippen LogP) is 4.21. The summed E-state index contributed by atoms with van der Waals surface area (Å²) < 4.78 is 10.9. The van der Waals surface area contributed by atoms with Crippen LogP contribution in [0.15, 0.2) is 12.1 Å². The lowest BCUT2D eigenvalue weighted by molar-refractivity contribution is 0.174. The fourth-order valence-corrected chi connectivity index (χ4v) is 1.66. The first-order valence-corrected chi connectivity index (χ1v) is 7.14. The van der Waals surface area contributed by atoms with Gasteiger partial charge in [-0.25, -0.2) is 0 Å². The second-order valence-electron chi connectivity index (χ2n) is 7.25. The van der Waals surface area contributed by atoms with Gasteiger partial charge in [0.2, 0.25) is 6.79 Å². The summed E-state index contributed by atoms with van der Waals surface area (Å²) in [5.41, 5.74) is 1.69. The van der Waals surface area contributed by atoms with Crippen LogP contribution in [0.25, 0.3) is 0 Å². The van der Waals surface area contributed by atoms with Crippen LogP contribution in [0.5, 0.6) is 11.5 Å². The van der Waals surface area contributed by atoms with E-state index in [-0.39, 0.29) is 17.6 Å². The maximum atomic E-state index is 5.43. The molecule has 2 nitrogen and oxygen atoms in total. The molecule has 2 heteroatoms. The lowest BCUT2D eigenvalue weighted by Crippen LogP contribution is -2.01. The van der Waals surface area contributed by atoms with E-state index in [0.29, 0.717) is 0 Å². The molecule has 0 aromatic heterocycles. The second kappa shape index (κ2) is 5.38. The van der Waals surface area contributed by atoms with Crippen molar-refractivity contribution in [3.8, 4) is 35.2 Å². The van der Waals surface area contributed by atoms with Crippen molar-refractivity contribution >= 4 is 0 Å². The molecule has 0 saturated carbocycles. The lowest BCUT2D eigenvalue weighted by atomic mass is 9.95. The van der Waals surface area contributed by atoms with Gasteiger partial charge in [0.25, 0.3) is 0 Å². The molecule has 0 unspecified atom stereocenters. The van der Waals surface area contributed by atoms with Crippen molar-refractivity contribution in [2.75, 3.05) is 6.79 Å². The van der Waals surface area contributed by atoms with Crippen LogP contribution in [-0.2, 0) is 0 Å². The van der Waals surface area contributed by atoms with E-state index in [1.165, 1.54) is 0 Å². The first kappa shape index (κ1) is 15.3. The zero-order chi connectivity index (χ0) is 15.7. The van der Waals surface area contributed by atoms with Gasteiger partial charge in [-0.3, -0.25) is 0 Å². The Morgan fingerprint density at radius 2 is 1.14 bits per heavy atom. The highest BCUT2D eigenvalue weighted by Gasteiger charge is 2.16. The molecule has 1 aromatic carbocycles. The minimum Gasteiger partial charge on any atom is -0.454 e. The third-order valence-electron chi connectivity index (χ3n) is 2.66. The van der Waals surface area contributed by atoms with Crippen molar-refractivity contribution in [1.82, 2.24) is 0 Å². The minimum absolute atomic E-state index is 0.0505. The maximum absolute atomic E-state index is 5.43. The average Bonchev–Trinajstić information content (AvgIpc) is 2.78. The van der Waals surface area contributed by atoms with Gasteiger partial charge in [0.15, 0.2) is 11.5 Å². The summed E-state index contributed by atoms with van der Waals surface area (Å²) in [7, 11) is 0. The Bertz CT molecular complexity index is 603. The SMILES string of the molecule is CC(C)(C)C#Cc1cc2c(cc1C#CC(C)(C)C)OCO2. The van der Waals surface area contributed by atoms with Crippen LogP contribution in [0.3, 0.4) is 0 Å². The van der Waals surface area contributed by atoms with Gasteiger partial charge in [-0.15, -0.1) is 0 Å². The molecule has 0 saturated heterocycles. The fraction of sp³-hybridized carbons (Fsp3) is 0.474. The molecule has 1 aliphatic heterocycles. The van der Waals surface area contributed by atoms with E-state index in [0.717, 1.165) is 22.6 Å². The van der Waals surface area contributed by atoms with E-state index in [2.05, 4.69) is 65.2 Å². The molecule has 0 N–H and O–H groups in total. The minimum atomic E-state index is -0.0505. The second-order valence-corrected chi connectivity index (χ2v) is 7.25. The summed E-state index contributed by atoms with van der Waals surface area (Å²) in [6.45, 7) is 12.8. The largest absolute Gasteiger partial charge is 0.454 e. The maximum Gasteiger partial charge on any atom is 0.231 e. The Kier molecular flexibility index (Phi) is 3.93. The topological polar surface area (TPSA) is 18.5 Å². The fourth-order valence-electron chi connectivity index (χ4n) is 1.66. The highest BCUT2D eigenvalue weighted by Crippen LogP contribution is 2.34. The molecule has 1 aliphatic rings. The third-order valence-corrected chi connectivity index (χ3v) is 2.66. The van der Waals surface area contributed by atoms with E-state index in [4.69, 9.17) is 9.47 Å². The Balaban J connectivity index is 2.50. The van der Waals surface area contributed by atoms with Crippen LogP contribution in [0, 0.1) is 34.5 Å². The molecule has 0 spiro atoms. The summed E-state index contributed by atoms with van der Waals surface area (Å²) in [6, 6.07) is 3.85. The normalized spacial score (nSPS) is 13.0. The molecule has 21 heavy (non-hydrogen) atoms. The summed E-state index contributed by atoms with van der Waals surface area (Å²) in [6.07, 6.45) is 0. The van der Waals surface area contributed by atoms with Crippen LogP contribution >= 0.6 is 0 Å². The van der Waals surface area contributed by atoms with Crippen LogP contribution in [0.2, 0.25) is 0 Å². The monoisotopic (exact) mass is 282 g/mol. The highest BCUT2D eigenvalue weighted by molar-refractivity contribution is 5.59. The number of benzene rings is 1. The molecule has 0 radical (unpaired) electrons. The summed E-state index contributed by atoms with van der Waals surface area (Å²) in [4.78, 5) is 0. The van der Waals surface area contributed by atoms with Crippen LogP contribution < -0.4 is 9.47 Å². The molecule has 0 atom stereocenters.